The van der Waals surface area contributed by atoms with Crippen LogP contribution in [0.15, 0.2) is 40.6 Å². The van der Waals surface area contributed by atoms with Gasteiger partial charge in [0.25, 0.3) is 5.56 Å². The van der Waals surface area contributed by atoms with E-state index >= 15 is 0 Å². The largest absolute Gasteiger partial charge is 0.486 e. The standard InChI is InChI=1S/C23H22ClFN6O3S/c1-31-6-7-33-14(10-31)9-27-23-28-18(12-35-23)21-20-15(4-5-26-21)22(32)30-19(29-20)11-34-13-2-3-17(25)16(24)8-13/h2-5,8,12,14H,6-7,9-11H2,1H3,(H,27,28)(H,29,30,32). The minimum absolute atomic E-state index is 0.0405. The van der Waals surface area contributed by atoms with Crippen molar-refractivity contribution in [2.75, 3.05) is 38.6 Å². The van der Waals surface area contributed by atoms with Gasteiger partial charge in [-0.15, -0.1) is 11.3 Å². The summed E-state index contributed by atoms with van der Waals surface area (Å²) in [7, 11) is 2.08. The molecule has 1 saturated heterocycles. The lowest BCUT2D eigenvalue weighted by atomic mass is 10.2. The van der Waals surface area contributed by atoms with E-state index in [1.165, 1.54) is 29.5 Å². The van der Waals surface area contributed by atoms with E-state index in [0.717, 1.165) is 18.2 Å². The minimum atomic E-state index is -0.539. The molecule has 3 aromatic heterocycles. The summed E-state index contributed by atoms with van der Waals surface area (Å²) < 4.78 is 24.8. The van der Waals surface area contributed by atoms with Gasteiger partial charge in [0.1, 0.15) is 40.9 Å². The van der Waals surface area contributed by atoms with Crippen molar-refractivity contribution in [1.29, 1.82) is 0 Å². The molecule has 0 radical (unpaired) electrons. The number of morpholine rings is 1. The second-order valence-electron chi connectivity index (χ2n) is 8.11. The zero-order chi connectivity index (χ0) is 24.4. The Labute approximate surface area is 208 Å². The average molecular weight is 517 g/mol. The summed E-state index contributed by atoms with van der Waals surface area (Å²) in [5, 5.41) is 6.27. The lowest BCUT2D eigenvalue weighted by Gasteiger charge is -2.29. The van der Waals surface area contributed by atoms with Crippen LogP contribution in [0.3, 0.4) is 0 Å². The van der Waals surface area contributed by atoms with E-state index < -0.39 is 5.82 Å². The van der Waals surface area contributed by atoms with Gasteiger partial charge in [-0.1, -0.05) is 11.6 Å². The Morgan fingerprint density at radius 1 is 1.37 bits per heavy atom. The minimum Gasteiger partial charge on any atom is -0.486 e. The third-order valence-electron chi connectivity index (χ3n) is 5.51. The van der Waals surface area contributed by atoms with Crippen molar-refractivity contribution in [2.24, 2.45) is 0 Å². The van der Waals surface area contributed by atoms with E-state index in [1.54, 1.807) is 12.3 Å². The van der Waals surface area contributed by atoms with Crippen LogP contribution in [-0.2, 0) is 11.3 Å². The Bertz CT molecular complexity index is 1410. The number of nitrogens with zero attached hydrogens (tertiary/aromatic N) is 4. The molecule has 4 heterocycles. The Balaban J connectivity index is 1.36. The smallest absolute Gasteiger partial charge is 0.258 e. The van der Waals surface area contributed by atoms with Crippen LogP contribution in [0.2, 0.25) is 5.02 Å². The number of likely N-dealkylation sites (N-methyl/N-ethyl adjacent to an activating group) is 1. The number of anilines is 1. The predicted octanol–water partition coefficient (Wildman–Crippen LogP) is 3.56. The first-order valence-corrected chi connectivity index (χ1v) is 12.2. The summed E-state index contributed by atoms with van der Waals surface area (Å²) in [5.74, 6) is 0.112. The molecule has 0 spiro atoms. The summed E-state index contributed by atoms with van der Waals surface area (Å²) in [6.45, 7) is 3.11. The van der Waals surface area contributed by atoms with Crippen molar-refractivity contribution in [3.05, 3.63) is 62.9 Å². The van der Waals surface area contributed by atoms with Crippen LogP contribution in [0.25, 0.3) is 22.3 Å². The van der Waals surface area contributed by atoms with E-state index in [4.69, 9.17) is 21.1 Å². The SMILES string of the molecule is CN1CCOC(CNc2nc(-c3nccc4c(=O)[nH]c(COc5ccc(F)c(Cl)c5)nc34)cs2)C1. The monoisotopic (exact) mass is 516 g/mol. The molecule has 0 bridgehead atoms. The van der Waals surface area contributed by atoms with Crippen LogP contribution < -0.4 is 15.6 Å². The molecule has 35 heavy (non-hydrogen) atoms. The first-order chi connectivity index (χ1) is 17.0. The fourth-order valence-electron chi connectivity index (χ4n) is 3.74. The molecule has 1 aliphatic rings. The third-order valence-corrected chi connectivity index (χ3v) is 6.60. The van der Waals surface area contributed by atoms with Gasteiger partial charge in [0.15, 0.2) is 5.13 Å². The normalized spacial score (nSPS) is 16.5. The van der Waals surface area contributed by atoms with Crippen LogP contribution >= 0.6 is 22.9 Å². The number of pyridine rings is 1. The van der Waals surface area contributed by atoms with E-state index in [-0.39, 0.29) is 23.3 Å². The lowest BCUT2D eigenvalue weighted by molar-refractivity contribution is -0.0117. The number of benzene rings is 1. The number of hydrogen-bond donors (Lipinski definition) is 2. The van der Waals surface area contributed by atoms with Crippen LogP contribution in [-0.4, -0.2) is 64.2 Å². The van der Waals surface area contributed by atoms with E-state index in [9.17, 15) is 9.18 Å². The maximum Gasteiger partial charge on any atom is 0.258 e. The maximum absolute atomic E-state index is 13.4. The first-order valence-electron chi connectivity index (χ1n) is 10.9. The van der Waals surface area contributed by atoms with Crippen LogP contribution in [0.5, 0.6) is 5.75 Å². The van der Waals surface area contributed by atoms with Gasteiger partial charge >= 0.3 is 0 Å². The van der Waals surface area contributed by atoms with Crippen molar-refractivity contribution in [1.82, 2.24) is 24.8 Å². The van der Waals surface area contributed by atoms with Crippen molar-refractivity contribution in [3.8, 4) is 17.1 Å². The zero-order valence-electron chi connectivity index (χ0n) is 18.8. The number of rotatable bonds is 7. The summed E-state index contributed by atoms with van der Waals surface area (Å²) in [6.07, 6.45) is 1.65. The van der Waals surface area contributed by atoms with E-state index in [2.05, 4.69) is 37.2 Å². The highest BCUT2D eigenvalue weighted by molar-refractivity contribution is 7.14. The second kappa shape index (κ2) is 10.2. The molecular formula is C23H22ClFN6O3S. The molecule has 0 aliphatic carbocycles. The summed E-state index contributed by atoms with van der Waals surface area (Å²) in [5.41, 5.74) is 1.21. The molecule has 2 N–H and O–H groups in total. The molecule has 0 saturated carbocycles. The zero-order valence-corrected chi connectivity index (χ0v) is 20.3. The Kier molecular flexibility index (Phi) is 6.91. The third kappa shape index (κ3) is 5.43. The van der Waals surface area contributed by atoms with Gasteiger partial charge in [-0.25, -0.2) is 14.4 Å². The Morgan fingerprint density at radius 3 is 3.09 bits per heavy atom. The van der Waals surface area contributed by atoms with Gasteiger partial charge in [-0.05, 0) is 25.2 Å². The topological polar surface area (TPSA) is 105 Å². The number of nitrogens with one attached hydrogen (secondary N) is 2. The van der Waals surface area contributed by atoms with Gasteiger partial charge in [0, 0.05) is 37.3 Å². The number of H-pyrrole nitrogens is 1. The van der Waals surface area contributed by atoms with Crippen LogP contribution in [0.1, 0.15) is 5.82 Å². The van der Waals surface area contributed by atoms with Gasteiger partial charge in [-0.2, -0.15) is 0 Å². The molecule has 182 valence electrons. The van der Waals surface area contributed by atoms with Crippen molar-refractivity contribution in [3.63, 3.8) is 0 Å². The Morgan fingerprint density at radius 2 is 2.26 bits per heavy atom. The molecule has 1 aromatic carbocycles. The van der Waals surface area contributed by atoms with Crippen molar-refractivity contribution < 1.29 is 13.9 Å². The highest BCUT2D eigenvalue weighted by atomic mass is 35.5. The molecule has 1 atom stereocenters. The fraction of sp³-hybridized carbons (Fsp3) is 0.304. The quantitative estimate of drug-likeness (QED) is 0.384. The predicted molar refractivity (Wildman–Crippen MR) is 133 cm³/mol. The van der Waals surface area contributed by atoms with E-state index in [0.29, 0.717) is 47.0 Å². The summed E-state index contributed by atoms with van der Waals surface area (Å²) in [4.78, 5) is 31.3. The molecular weight excluding hydrogens is 495 g/mol. The Hall–Kier alpha value is -3.12. The number of hydrogen-bond acceptors (Lipinski definition) is 9. The highest BCUT2D eigenvalue weighted by Crippen LogP contribution is 2.28. The van der Waals surface area contributed by atoms with Crippen LogP contribution in [0, 0.1) is 5.82 Å². The molecule has 0 amide bonds. The first kappa shape index (κ1) is 23.6. The average Bonchev–Trinajstić information content (AvgIpc) is 3.32. The number of fused-ring (bicyclic) bond motifs is 1. The van der Waals surface area contributed by atoms with Gasteiger partial charge in [0.2, 0.25) is 0 Å². The summed E-state index contributed by atoms with van der Waals surface area (Å²) in [6, 6.07) is 5.64. The lowest BCUT2D eigenvalue weighted by Crippen LogP contribution is -2.43. The van der Waals surface area contributed by atoms with Gasteiger partial charge < -0.3 is 24.7 Å². The van der Waals surface area contributed by atoms with Crippen LogP contribution in [0.4, 0.5) is 9.52 Å². The molecule has 12 heteroatoms. The molecule has 1 unspecified atom stereocenters. The van der Waals surface area contributed by atoms with Crippen molar-refractivity contribution >= 4 is 39.0 Å². The molecule has 5 rings (SSSR count). The van der Waals surface area contributed by atoms with E-state index in [1.807, 2.05) is 5.38 Å². The number of aromatic nitrogens is 4. The molecule has 4 aromatic rings. The van der Waals surface area contributed by atoms with Gasteiger partial charge in [-0.3, -0.25) is 9.78 Å². The number of aromatic amines is 1. The van der Waals surface area contributed by atoms with Gasteiger partial charge in [0.05, 0.1) is 23.1 Å². The molecule has 1 fully saturated rings. The maximum atomic E-state index is 13.4. The fourth-order valence-corrected chi connectivity index (χ4v) is 4.62. The highest BCUT2D eigenvalue weighted by Gasteiger charge is 2.19. The summed E-state index contributed by atoms with van der Waals surface area (Å²) >= 11 is 7.25. The molecule has 1 aliphatic heterocycles. The molecule has 9 nitrogen and oxygen atoms in total. The van der Waals surface area contributed by atoms with Crippen molar-refractivity contribution in [2.45, 2.75) is 12.7 Å². The number of halogens is 2. The number of ether oxygens (including phenoxy) is 2. The second-order valence-corrected chi connectivity index (χ2v) is 9.37. The number of thiazole rings is 1.